The fourth-order valence-corrected chi connectivity index (χ4v) is 6.85. The molecule has 0 N–H and O–H groups in total. The van der Waals surface area contributed by atoms with E-state index >= 15 is 0 Å². The van der Waals surface area contributed by atoms with Crippen LogP contribution in [0.25, 0.3) is 0 Å². The van der Waals surface area contributed by atoms with Gasteiger partial charge in [0.25, 0.3) is 0 Å². The van der Waals surface area contributed by atoms with Crippen LogP contribution < -0.4 is 0 Å². The molecular weight excluding hydrogens is 330 g/mol. The summed E-state index contributed by atoms with van der Waals surface area (Å²) >= 11 is 0. The average molecular weight is 372 g/mol. The van der Waals surface area contributed by atoms with E-state index in [0.717, 1.165) is 25.2 Å². The van der Waals surface area contributed by atoms with Gasteiger partial charge in [0.05, 0.1) is 6.07 Å². The molecule has 2 aliphatic carbocycles. The molecule has 1 saturated carbocycles. The van der Waals surface area contributed by atoms with Gasteiger partial charge in [-0.2, -0.15) is 5.26 Å². The third-order valence-corrected chi connectivity index (χ3v) is 8.20. The molecule has 3 unspecified atom stereocenters. The maximum atomic E-state index is 12.0. The van der Waals surface area contributed by atoms with Crippen molar-refractivity contribution < 1.29 is 4.79 Å². The lowest BCUT2D eigenvalue weighted by molar-refractivity contribution is -0.116. The molecule has 2 rings (SSSR count). The Morgan fingerprint density at radius 1 is 1.30 bits per heavy atom. The summed E-state index contributed by atoms with van der Waals surface area (Å²) in [5.41, 5.74) is 1.93. The smallest absolute Gasteiger partial charge is 0.155 e. The van der Waals surface area contributed by atoms with Crippen LogP contribution in [0, 0.1) is 45.8 Å². The molecule has 1 fully saturated rings. The van der Waals surface area contributed by atoms with Crippen molar-refractivity contribution >= 4 is 5.78 Å². The lowest BCUT2D eigenvalue weighted by Gasteiger charge is -2.55. The van der Waals surface area contributed by atoms with Crippen LogP contribution in [-0.4, -0.2) is 5.78 Å². The molecule has 6 atom stereocenters. The molecule has 2 aliphatic rings. The van der Waals surface area contributed by atoms with Crippen molar-refractivity contribution in [3.05, 3.63) is 11.6 Å². The van der Waals surface area contributed by atoms with Gasteiger partial charge in [0.2, 0.25) is 0 Å². The van der Waals surface area contributed by atoms with Crippen molar-refractivity contribution in [1.82, 2.24) is 0 Å². The van der Waals surface area contributed by atoms with E-state index in [1.807, 2.05) is 6.08 Å². The van der Waals surface area contributed by atoms with Gasteiger partial charge >= 0.3 is 0 Å². The minimum Gasteiger partial charge on any atom is -0.295 e. The van der Waals surface area contributed by atoms with Crippen molar-refractivity contribution in [2.45, 2.75) is 99.3 Å². The number of nitrogens with zero attached hydrogens (tertiary/aromatic N) is 1. The Morgan fingerprint density at radius 3 is 2.59 bits per heavy atom. The van der Waals surface area contributed by atoms with Crippen molar-refractivity contribution in [2.24, 2.45) is 34.5 Å². The monoisotopic (exact) mass is 371 g/mol. The first kappa shape index (κ1) is 22.2. The number of rotatable bonds is 7. The second-order valence-electron chi connectivity index (χ2n) is 10.1. The fourth-order valence-electron chi connectivity index (χ4n) is 6.85. The number of allylic oxidation sites excluding steroid dienone is 2. The van der Waals surface area contributed by atoms with Crippen LogP contribution in [0.3, 0.4) is 0 Å². The molecule has 0 saturated heterocycles. The van der Waals surface area contributed by atoms with Crippen LogP contribution in [0.5, 0.6) is 0 Å². The van der Waals surface area contributed by atoms with E-state index in [1.165, 1.54) is 37.7 Å². The van der Waals surface area contributed by atoms with Gasteiger partial charge < -0.3 is 0 Å². The summed E-state index contributed by atoms with van der Waals surface area (Å²) in [6.45, 7) is 14.2. The minimum atomic E-state index is 0.188. The Morgan fingerprint density at radius 2 is 2.00 bits per heavy atom. The minimum absolute atomic E-state index is 0.188. The normalized spacial score (nSPS) is 38.2. The molecule has 0 bridgehead atoms. The number of hydrogen-bond acceptors (Lipinski definition) is 2. The van der Waals surface area contributed by atoms with E-state index in [-0.39, 0.29) is 5.41 Å². The SMILES string of the molecule is CCCC1C(C)C([C@@]2(C)CCC(=O)C=C2CC)CC[C@]1(C)C[C@H](C)CC#N. The Labute approximate surface area is 167 Å². The highest BCUT2D eigenvalue weighted by Gasteiger charge is 2.51. The highest BCUT2D eigenvalue weighted by molar-refractivity contribution is 5.91. The summed E-state index contributed by atoms with van der Waals surface area (Å²) in [7, 11) is 0. The molecule has 152 valence electrons. The van der Waals surface area contributed by atoms with Crippen LogP contribution in [0.15, 0.2) is 11.6 Å². The van der Waals surface area contributed by atoms with E-state index in [4.69, 9.17) is 5.26 Å². The van der Waals surface area contributed by atoms with Crippen LogP contribution in [0.1, 0.15) is 99.3 Å². The van der Waals surface area contributed by atoms with E-state index in [1.54, 1.807) is 0 Å². The molecule has 0 spiro atoms. The molecule has 0 heterocycles. The zero-order chi connectivity index (χ0) is 20.2. The van der Waals surface area contributed by atoms with Gasteiger partial charge in [-0.25, -0.2) is 0 Å². The van der Waals surface area contributed by atoms with Crippen molar-refractivity contribution in [3.63, 3.8) is 0 Å². The summed E-state index contributed by atoms with van der Waals surface area (Å²) in [6, 6.07) is 2.38. The third-order valence-electron chi connectivity index (χ3n) is 8.20. The van der Waals surface area contributed by atoms with E-state index in [0.29, 0.717) is 35.4 Å². The zero-order valence-corrected chi connectivity index (χ0v) is 18.6. The summed E-state index contributed by atoms with van der Waals surface area (Å²) in [4.78, 5) is 12.0. The standard InChI is InChI=1S/C25H41NO/c1-7-9-22-19(4)23(11-13-24(22,5)17-18(3)12-15-26)25(6)14-10-21(27)16-20(25)8-2/h16,18-19,22-23H,7-14,17H2,1-6H3/t18-,19?,22?,23?,24-,25+/m1/s1. The maximum absolute atomic E-state index is 12.0. The predicted octanol–water partition coefficient (Wildman–Crippen LogP) is 7.10. The van der Waals surface area contributed by atoms with Gasteiger partial charge in [0.1, 0.15) is 0 Å². The Bertz CT molecular complexity index is 600. The maximum Gasteiger partial charge on any atom is 0.155 e. The first-order valence-electron chi connectivity index (χ1n) is 11.3. The topological polar surface area (TPSA) is 40.9 Å². The number of nitriles is 1. The second kappa shape index (κ2) is 8.93. The van der Waals surface area contributed by atoms with Crippen LogP contribution in [0.4, 0.5) is 0 Å². The van der Waals surface area contributed by atoms with Crippen molar-refractivity contribution in [3.8, 4) is 6.07 Å². The molecule has 2 nitrogen and oxygen atoms in total. The van der Waals surface area contributed by atoms with E-state index in [2.05, 4.69) is 47.6 Å². The first-order chi connectivity index (χ1) is 12.7. The molecule has 0 aliphatic heterocycles. The molecule has 2 heteroatoms. The van der Waals surface area contributed by atoms with Gasteiger partial charge in [-0.1, -0.05) is 53.5 Å². The molecule has 27 heavy (non-hydrogen) atoms. The van der Waals surface area contributed by atoms with Gasteiger partial charge in [-0.3, -0.25) is 4.79 Å². The summed E-state index contributed by atoms with van der Waals surface area (Å²) in [5.74, 6) is 2.87. The number of ketones is 1. The van der Waals surface area contributed by atoms with Gasteiger partial charge in [-0.05, 0) is 79.1 Å². The third kappa shape index (κ3) is 4.49. The molecule has 0 aromatic rings. The Kier molecular flexibility index (Phi) is 7.34. The highest BCUT2D eigenvalue weighted by atomic mass is 16.1. The number of carbonyl (C=O) groups excluding carboxylic acids is 1. The van der Waals surface area contributed by atoms with Crippen LogP contribution >= 0.6 is 0 Å². The molecular formula is C25H41NO. The average Bonchev–Trinajstić information content (AvgIpc) is 2.60. The molecule has 0 aromatic carbocycles. The summed E-state index contributed by atoms with van der Waals surface area (Å²) in [6.07, 6.45) is 11.6. The first-order valence-corrected chi connectivity index (χ1v) is 11.3. The molecule has 0 amide bonds. The quantitative estimate of drug-likeness (QED) is 0.479. The largest absolute Gasteiger partial charge is 0.295 e. The molecule has 0 aromatic heterocycles. The van der Waals surface area contributed by atoms with E-state index < -0.39 is 0 Å². The second-order valence-corrected chi connectivity index (χ2v) is 10.1. The zero-order valence-electron chi connectivity index (χ0n) is 18.6. The van der Waals surface area contributed by atoms with E-state index in [9.17, 15) is 4.79 Å². The Balaban J connectivity index is 2.30. The lowest BCUT2D eigenvalue weighted by Crippen LogP contribution is -2.47. The number of hydrogen-bond donors (Lipinski definition) is 0. The lowest BCUT2D eigenvalue weighted by atomic mass is 9.49. The van der Waals surface area contributed by atoms with Gasteiger partial charge in [-0.15, -0.1) is 0 Å². The summed E-state index contributed by atoms with van der Waals surface area (Å²) in [5, 5.41) is 9.11. The van der Waals surface area contributed by atoms with Gasteiger partial charge in [0.15, 0.2) is 5.78 Å². The highest BCUT2D eigenvalue weighted by Crippen LogP contribution is 2.59. The molecule has 0 radical (unpaired) electrons. The van der Waals surface area contributed by atoms with Gasteiger partial charge in [0, 0.05) is 12.8 Å². The predicted molar refractivity (Wildman–Crippen MR) is 113 cm³/mol. The number of carbonyl (C=O) groups is 1. The van der Waals surface area contributed by atoms with Crippen molar-refractivity contribution in [2.75, 3.05) is 0 Å². The van der Waals surface area contributed by atoms with Crippen molar-refractivity contribution in [1.29, 1.82) is 5.26 Å². The fraction of sp³-hybridized carbons (Fsp3) is 0.840. The summed E-state index contributed by atoms with van der Waals surface area (Å²) < 4.78 is 0. The Hall–Kier alpha value is -1.10. The van der Waals surface area contributed by atoms with Crippen LogP contribution in [0.2, 0.25) is 0 Å². The van der Waals surface area contributed by atoms with Crippen LogP contribution in [-0.2, 0) is 4.79 Å².